The van der Waals surface area contributed by atoms with Crippen molar-refractivity contribution in [3.63, 3.8) is 0 Å². The Morgan fingerprint density at radius 2 is 1.66 bits per heavy atom. The molecule has 1 amide bonds. The molecule has 1 saturated heterocycles. The minimum Gasteiger partial charge on any atom is -0.497 e. The molecule has 1 aliphatic heterocycles. The molecule has 4 rings (SSSR count). The average Bonchev–Trinajstić information content (AvgIpc) is 3.32. The van der Waals surface area contributed by atoms with Gasteiger partial charge in [0.25, 0.3) is 0 Å². The number of aromatic nitrogens is 1. The van der Waals surface area contributed by atoms with Crippen molar-refractivity contribution in [2.24, 2.45) is 0 Å². The Bertz CT molecular complexity index is 916. The Labute approximate surface area is 172 Å². The predicted octanol–water partition coefficient (Wildman–Crippen LogP) is 3.83. The van der Waals surface area contributed by atoms with Crippen LogP contribution in [0.3, 0.4) is 0 Å². The molecule has 0 spiro atoms. The van der Waals surface area contributed by atoms with Gasteiger partial charge in [0.05, 0.1) is 19.6 Å². The first-order valence-corrected chi connectivity index (χ1v) is 10.1. The number of carbonyl (C=O) groups is 1. The number of para-hydroxylation sites is 1. The van der Waals surface area contributed by atoms with Gasteiger partial charge in [0, 0.05) is 44.3 Å². The van der Waals surface area contributed by atoms with Crippen LogP contribution in [0.2, 0.25) is 0 Å². The monoisotopic (exact) mass is 389 g/mol. The highest BCUT2D eigenvalue weighted by molar-refractivity contribution is 5.77. The van der Waals surface area contributed by atoms with Crippen LogP contribution in [0.15, 0.2) is 79.1 Å². The number of carbonyl (C=O) groups excluding carboxylic acids is 1. The third kappa shape index (κ3) is 4.45. The lowest BCUT2D eigenvalue weighted by molar-refractivity contribution is -0.132. The first-order valence-electron chi connectivity index (χ1n) is 10.1. The molecule has 1 aliphatic rings. The molecule has 2 heterocycles. The summed E-state index contributed by atoms with van der Waals surface area (Å²) in [5.41, 5.74) is 2.30. The number of rotatable bonds is 6. The predicted molar refractivity (Wildman–Crippen MR) is 115 cm³/mol. The minimum absolute atomic E-state index is 0.0419. The molecule has 2 aromatic carbocycles. The van der Waals surface area contributed by atoms with Gasteiger partial charge in [-0.2, -0.15) is 0 Å². The molecule has 0 radical (unpaired) electrons. The molecule has 1 atom stereocenters. The van der Waals surface area contributed by atoms with Gasteiger partial charge in [0.2, 0.25) is 5.91 Å². The van der Waals surface area contributed by atoms with Crippen LogP contribution < -0.4 is 9.64 Å². The van der Waals surface area contributed by atoms with Gasteiger partial charge in [-0.1, -0.05) is 30.3 Å². The standard InChI is InChI=1S/C24H27N3O2/c1-29-22-11-7-8-20(18-22)23(26-12-5-6-13-26)19-24(28)27-16-14-25(15-17-27)21-9-3-2-4-10-21/h2-13,18,23H,14-17,19H2,1H3/t23-/m0/s1. The fourth-order valence-electron chi connectivity index (χ4n) is 3.95. The summed E-state index contributed by atoms with van der Waals surface area (Å²) in [6, 6.07) is 22.3. The van der Waals surface area contributed by atoms with Crippen molar-refractivity contribution in [1.82, 2.24) is 9.47 Å². The molecule has 29 heavy (non-hydrogen) atoms. The third-order valence-electron chi connectivity index (χ3n) is 5.59. The second-order valence-electron chi connectivity index (χ2n) is 7.33. The normalized spacial score (nSPS) is 15.2. The van der Waals surface area contributed by atoms with Gasteiger partial charge in [0.15, 0.2) is 0 Å². The highest BCUT2D eigenvalue weighted by atomic mass is 16.5. The summed E-state index contributed by atoms with van der Waals surface area (Å²) < 4.78 is 7.49. The second kappa shape index (κ2) is 8.86. The Kier molecular flexibility index (Phi) is 5.84. The summed E-state index contributed by atoms with van der Waals surface area (Å²) >= 11 is 0. The van der Waals surface area contributed by atoms with Gasteiger partial charge in [-0.15, -0.1) is 0 Å². The molecule has 150 valence electrons. The Morgan fingerprint density at radius 3 is 2.34 bits per heavy atom. The number of hydrogen-bond acceptors (Lipinski definition) is 3. The number of ether oxygens (including phenoxy) is 1. The molecule has 0 aliphatic carbocycles. The molecule has 0 bridgehead atoms. The van der Waals surface area contributed by atoms with Crippen LogP contribution in [0.25, 0.3) is 0 Å². The lowest BCUT2D eigenvalue weighted by Gasteiger charge is -2.36. The van der Waals surface area contributed by atoms with Gasteiger partial charge in [-0.3, -0.25) is 4.79 Å². The van der Waals surface area contributed by atoms with E-state index in [2.05, 4.69) is 39.8 Å². The molecule has 5 nitrogen and oxygen atoms in total. The zero-order chi connectivity index (χ0) is 20.1. The summed E-state index contributed by atoms with van der Waals surface area (Å²) in [6.07, 6.45) is 4.47. The molecule has 3 aromatic rings. The molecule has 0 saturated carbocycles. The largest absolute Gasteiger partial charge is 0.497 e. The van der Waals surface area contributed by atoms with E-state index in [1.807, 2.05) is 53.7 Å². The first-order chi connectivity index (χ1) is 14.2. The van der Waals surface area contributed by atoms with Crippen molar-refractivity contribution in [2.45, 2.75) is 12.5 Å². The van der Waals surface area contributed by atoms with Gasteiger partial charge < -0.3 is 19.1 Å². The Hall–Kier alpha value is -3.21. The Morgan fingerprint density at radius 1 is 0.931 bits per heavy atom. The van der Waals surface area contributed by atoms with E-state index in [0.717, 1.165) is 37.5 Å². The van der Waals surface area contributed by atoms with Crippen LogP contribution in [0.4, 0.5) is 5.69 Å². The van der Waals surface area contributed by atoms with E-state index in [0.29, 0.717) is 6.42 Å². The minimum atomic E-state index is -0.0419. The van der Waals surface area contributed by atoms with Crippen LogP contribution in [0.1, 0.15) is 18.0 Å². The average molecular weight is 389 g/mol. The molecule has 5 heteroatoms. The topological polar surface area (TPSA) is 37.7 Å². The summed E-state index contributed by atoms with van der Waals surface area (Å²) in [4.78, 5) is 17.5. The second-order valence-corrected chi connectivity index (χ2v) is 7.33. The first kappa shape index (κ1) is 19.1. The van der Waals surface area contributed by atoms with Crippen molar-refractivity contribution in [2.75, 3.05) is 38.2 Å². The van der Waals surface area contributed by atoms with Crippen LogP contribution in [-0.2, 0) is 4.79 Å². The van der Waals surface area contributed by atoms with Gasteiger partial charge in [-0.05, 0) is 42.0 Å². The van der Waals surface area contributed by atoms with Crippen molar-refractivity contribution in [3.05, 3.63) is 84.7 Å². The fourth-order valence-corrected chi connectivity index (χ4v) is 3.95. The fraction of sp³-hybridized carbons (Fsp3) is 0.292. The highest BCUT2D eigenvalue weighted by Gasteiger charge is 2.25. The molecule has 0 N–H and O–H groups in total. The van der Waals surface area contributed by atoms with Crippen LogP contribution in [-0.4, -0.2) is 48.7 Å². The van der Waals surface area contributed by atoms with Crippen molar-refractivity contribution in [3.8, 4) is 5.75 Å². The van der Waals surface area contributed by atoms with Gasteiger partial charge >= 0.3 is 0 Å². The zero-order valence-corrected chi connectivity index (χ0v) is 16.8. The third-order valence-corrected chi connectivity index (χ3v) is 5.59. The lowest BCUT2D eigenvalue weighted by atomic mass is 10.0. The molecular formula is C24H27N3O2. The van der Waals surface area contributed by atoms with E-state index in [-0.39, 0.29) is 11.9 Å². The maximum atomic E-state index is 13.1. The molecule has 0 unspecified atom stereocenters. The zero-order valence-electron chi connectivity index (χ0n) is 16.8. The number of methoxy groups -OCH3 is 1. The summed E-state index contributed by atoms with van der Waals surface area (Å²) in [6.45, 7) is 3.24. The van der Waals surface area contributed by atoms with E-state index in [1.165, 1.54) is 5.69 Å². The maximum absolute atomic E-state index is 13.1. The smallest absolute Gasteiger partial charge is 0.225 e. The summed E-state index contributed by atoms with van der Waals surface area (Å²) in [5.74, 6) is 1.00. The van der Waals surface area contributed by atoms with E-state index in [9.17, 15) is 4.79 Å². The SMILES string of the molecule is COc1cccc([C@H](CC(=O)N2CCN(c3ccccc3)CC2)n2cccc2)c1. The maximum Gasteiger partial charge on any atom is 0.225 e. The molecular weight excluding hydrogens is 362 g/mol. The van der Waals surface area contributed by atoms with E-state index >= 15 is 0 Å². The van der Waals surface area contributed by atoms with Crippen LogP contribution in [0, 0.1) is 0 Å². The Balaban J connectivity index is 1.45. The number of hydrogen-bond donors (Lipinski definition) is 0. The van der Waals surface area contributed by atoms with Gasteiger partial charge in [0.1, 0.15) is 5.75 Å². The molecule has 1 fully saturated rings. The van der Waals surface area contributed by atoms with E-state index < -0.39 is 0 Å². The summed E-state index contributed by atoms with van der Waals surface area (Å²) in [7, 11) is 1.67. The van der Waals surface area contributed by atoms with E-state index in [4.69, 9.17) is 4.74 Å². The van der Waals surface area contributed by atoms with Crippen LogP contribution >= 0.6 is 0 Å². The van der Waals surface area contributed by atoms with Crippen molar-refractivity contribution in [1.29, 1.82) is 0 Å². The van der Waals surface area contributed by atoms with E-state index in [1.54, 1.807) is 7.11 Å². The quantitative estimate of drug-likeness (QED) is 0.643. The van der Waals surface area contributed by atoms with Gasteiger partial charge in [-0.25, -0.2) is 0 Å². The van der Waals surface area contributed by atoms with Crippen molar-refractivity contribution < 1.29 is 9.53 Å². The lowest BCUT2D eigenvalue weighted by Crippen LogP contribution is -2.49. The number of benzene rings is 2. The molecule has 1 aromatic heterocycles. The number of anilines is 1. The summed E-state index contributed by atoms with van der Waals surface area (Å²) in [5, 5.41) is 0. The van der Waals surface area contributed by atoms with Crippen LogP contribution in [0.5, 0.6) is 5.75 Å². The number of nitrogens with zero attached hydrogens (tertiary/aromatic N) is 3. The number of piperazine rings is 1. The highest BCUT2D eigenvalue weighted by Crippen LogP contribution is 2.27. The van der Waals surface area contributed by atoms with Crippen molar-refractivity contribution >= 4 is 11.6 Å². The number of amides is 1.